The quantitative estimate of drug-likeness (QED) is 0.390. The molecule has 4 N–H and O–H groups in total. The molecule has 0 saturated carbocycles. The molecule has 0 bridgehead atoms. The molecule has 0 atom stereocenters. The van der Waals surface area contributed by atoms with Crippen molar-refractivity contribution in [2.24, 2.45) is 5.73 Å². The Morgan fingerprint density at radius 1 is 1.26 bits per heavy atom. The van der Waals surface area contributed by atoms with Crippen LogP contribution < -0.4 is 5.73 Å². The van der Waals surface area contributed by atoms with Crippen molar-refractivity contribution >= 4 is 55.6 Å². The Bertz CT molecular complexity index is 449. The second-order valence-electron chi connectivity index (χ2n) is 3.00. The number of carbonyl (C=O) groups excluding carboxylic acids is 2. The third-order valence-electron chi connectivity index (χ3n) is 1.54. The number of carboxylic acid groups (broad SMARTS) is 1. The first-order valence-electron chi connectivity index (χ1n) is 4.81. The van der Waals surface area contributed by atoms with Crippen LogP contribution in [-0.2, 0) is 14.3 Å². The second kappa shape index (κ2) is 10.7. The van der Waals surface area contributed by atoms with Crippen LogP contribution in [-0.4, -0.2) is 72.4 Å². The van der Waals surface area contributed by atoms with E-state index in [1.54, 1.807) is 12.1 Å². The van der Waals surface area contributed by atoms with Crippen molar-refractivity contribution in [2.75, 3.05) is 6.54 Å². The Balaban J connectivity index is 0. The minimum Gasteiger partial charge on any atom is -0.507 e. The van der Waals surface area contributed by atoms with Gasteiger partial charge in [-0.15, -0.1) is 0 Å². The molecule has 0 aromatic heterocycles. The summed E-state index contributed by atoms with van der Waals surface area (Å²) in [6.45, 7) is 0.845. The minimum atomic E-state index is -0.968. The zero-order valence-electron chi connectivity index (χ0n) is 10.3. The van der Waals surface area contributed by atoms with E-state index in [0.29, 0.717) is 0 Å². The van der Waals surface area contributed by atoms with Crippen molar-refractivity contribution in [3.63, 3.8) is 0 Å². The fourth-order valence-electron chi connectivity index (χ4n) is 0.832. The van der Waals surface area contributed by atoms with Crippen molar-refractivity contribution in [3.05, 3.63) is 29.8 Å². The Kier molecular flexibility index (Phi) is 11.4. The average Bonchev–Trinajstić information content (AvgIpc) is 2.29. The largest absolute Gasteiger partial charge is 0.507 e. The summed E-state index contributed by atoms with van der Waals surface area (Å²) in [5.41, 5.74) is 4.56. The molecule has 1 aromatic rings. The summed E-state index contributed by atoms with van der Waals surface area (Å²) in [4.78, 5) is 30.7. The molecule has 0 unspecified atom stereocenters. The van der Waals surface area contributed by atoms with E-state index in [0.717, 1.165) is 6.92 Å². The molecule has 0 spiro atoms. The predicted molar refractivity (Wildman–Crippen MR) is 66.6 cm³/mol. The predicted octanol–water partition coefficient (Wildman–Crippen LogP) is -0.256. The van der Waals surface area contributed by atoms with Gasteiger partial charge in [-0.3, -0.25) is 9.59 Å². The summed E-state index contributed by atoms with van der Waals surface area (Å²) in [5, 5.41) is 16.8. The number of ether oxygens (including phenoxy) is 1. The normalized spacial score (nSPS) is 8.32. The van der Waals surface area contributed by atoms with Crippen molar-refractivity contribution < 1.29 is 29.3 Å². The van der Waals surface area contributed by atoms with Crippen molar-refractivity contribution in [3.8, 4) is 5.75 Å². The molecule has 0 fully saturated rings. The molecule has 100 valence electrons. The van der Waals surface area contributed by atoms with Gasteiger partial charge in [-0.1, -0.05) is 12.1 Å². The molecule has 7 nitrogen and oxygen atoms in total. The van der Waals surface area contributed by atoms with Crippen LogP contribution >= 0.6 is 0 Å². The van der Waals surface area contributed by atoms with Gasteiger partial charge in [-0.2, -0.15) is 0 Å². The van der Waals surface area contributed by atoms with Crippen LogP contribution in [0.4, 0.5) is 0 Å². The number of phenols is 1. The molecule has 8 heteroatoms. The number of nitrogens with two attached hydrogens (primary N) is 1. The van der Waals surface area contributed by atoms with E-state index in [1.807, 2.05) is 0 Å². The number of carbonyl (C=O) groups is 3. The number of phenolic OH excluding ortho intramolecular Hbond substituents is 1. The molecule has 0 heterocycles. The fraction of sp³-hybridized carbons (Fsp3) is 0.182. The van der Waals surface area contributed by atoms with E-state index in [4.69, 9.17) is 5.11 Å². The molecule has 0 saturated heterocycles. The monoisotopic (exact) mass is 295 g/mol. The van der Waals surface area contributed by atoms with E-state index in [2.05, 4.69) is 10.5 Å². The number of carboxylic acids is 1. The van der Waals surface area contributed by atoms with Gasteiger partial charge in [0.05, 0.1) is 6.54 Å². The van der Waals surface area contributed by atoms with E-state index in [1.165, 1.54) is 12.1 Å². The van der Waals surface area contributed by atoms with Crippen LogP contribution in [0.25, 0.3) is 0 Å². The first kappa shape index (κ1) is 20.2. The maximum absolute atomic E-state index is 11.1. The zero-order valence-corrected chi connectivity index (χ0v) is 12.5. The number of aromatic hydroxyl groups is 1. The molecule has 1 rings (SSSR count). The van der Waals surface area contributed by atoms with Gasteiger partial charge in [0, 0.05) is 44.7 Å². The molecule has 0 aliphatic rings. The zero-order chi connectivity index (χ0) is 14.1. The Morgan fingerprint density at radius 2 is 1.74 bits per heavy atom. The van der Waals surface area contributed by atoms with Gasteiger partial charge in [0.1, 0.15) is 11.3 Å². The summed E-state index contributed by atoms with van der Waals surface area (Å²) < 4.78 is 4.28. The minimum absolute atomic E-state index is 0. The van der Waals surface area contributed by atoms with E-state index in [9.17, 15) is 19.5 Å². The van der Waals surface area contributed by atoms with Crippen LogP contribution in [0.3, 0.4) is 0 Å². The molecule has 0 aliphatic carbocycles. The van der Waals surface area contributed by atoms with E-state index < -0.39 is 17.9 Å². The van der Waals surface area contributed by atoms with Gasteiger partial charge in [0.15, 0.2) is 0 Å². The Labute approximate surface area is 139 Å². The third kappa shape index (κ3) is 9.43. The number of aliphatic carboxylic acids is 1. The number of para-hydroxylation sites is 1. The number of benzene rings is 1. The third-order valence-corrected chi connectivity index (χ3v) is 1.54. The number of hydrogen-bond acceptors (Lipinski definition) is 6. The maximum atomic E-state index is 11.1. The number of rotatable bonds is 2. The smallest absolute Gasteiger partial charge is 0.349 e. The van der Waals surface area contributed by atoms with Crippen molar-refractivity contribution in [1.29, 1.82) is 0 Å². The number of esters is 2. The van der Waals surface area contributed by atoms with Crippen LogP contribution in [0, 0.1) is 0 Å². The Hall–Kier alpha value is -1.15. The van der Waals surface area contributed by atoms with Gasteiger partial charge in [0.25, 0.3) is 0 Å². The van der Waals surface area contributed by atoms with E-state index in [-0.39, 0.29) is 55.6 Å². The summed E-state index contributed by atoms with van der Waals surface area (Å²) >= 11 is 0. The standard InChI is InChI=1S/C9H8O4.C2H5NO2.Ca/c1-6(10)13-9(12)7-4-2-3-5-8(7)11;3-1-2(4)5;/h2-5,11H,1H3;1,3H2,(H,4,5);. The first-order valence-corrected chi connectivity index (χ1v) is 4.81. The summed E-state index contributed by atoms with van der Waals surface area (Å²) in [7, 11) is 0. The van der Waals surface area contributed by atoms with Gasteiger partial charge in [-0.05, 0) is 12.1 Å². The molecular weight excluding hydrogens is 282 g/mol. The molecule has 1 aromatic carbocycles. The van der Waals surface area contributed by atoms with Crippen LogP contribution in [0.1, 0.15) is 17.3 Å². The molecule has 19 heavy (non-hydrogen) atoms. The molecule has 0 aliphatic heterocycles. The van der Waals surface area contributed by atoms with Gasteiger partial charge < -0.3 is 20.7 Å². The van der Waals surface area contributed by atoms with Gasteiger partial charge >= 0.3 is 17.9 Å². The number of hydrogen-bond donors (Lipinski definition) is 3. The van der Waals surface area contributed by atoms with Crippen LogP contribution in [0.2, 0.25) is 0 Å². The maximum Gasteiger partial charge on any atom is 0.349 e. The molecule has 2 radical (unpaired) electrons. The fourth-order valence-corrected chi connectivity index (χ4v) is 0.832. The van der Waals surface area contributed by atoms with Crippen molar-refractivity contribution in [2.45, 2.75) is 6.92 Å². The Morgan fingerprint density at radius 3 is 2.11 bits per heavy atom. The average molecular weight is 295 g/mol. The second-order valence-corrected chi connectivity index (χ2v) is 3.00. The first-order chi connectivity index (χ1) is 8.38. The summed E-state index contributed by atoms with van der Waals surface area (Å²) in [6, 6.07) is 5.85. The van der Waals surface area contributed by atoms with Gasteiger partial charge in [0.2, 0.25) is 0 Å². The van der Waals surface area contributed by atoms with E-state index >= 15 is 0 Å². The summed E-state index contributed by atoms with van der Waals surface area (Å²) in [6.07, 6.45) is 0. The topological polar surface area (TPSA) is 127 Å². The van der Waals surface area contributed by atoms with Gasteiger partial charge in [-0.25, -0.2) is 4.79 Å². The van der Waals surface area contributed by atoms with Crippen LogP contribution in [0.15, 0.2) is 24.3 Å². The SMILES string of the molecule is CC(=O)OC(=O)c1ccccc1O.NCC(=O)O.[Ca]. The molecule has 0 amide bonds. The van der Waals surface area contributed by atoms with Crippen molar-refractivity contribution in [1.82, 2.24) is 0 Å². The van der Waals surface area contributed by atoms with Crippen LogP contribution in [0.5, 0.6) is 5.75 Å². The summed E-state index contributed by atoms with van der Waals surface area (Å²) in [5.74, 6) is -2.71. The molecular formula is C11H13CaNO6.